The first-order valence-corrected chi connectivity index (χ1v) is 6.62. The van der Waals surface area contributed by atoms with E-state index in [1.165, 1.54) is 4.88 Å². The van der Waals surface area contributed by atoms with Gasteiger partial charge in [0.05, 0.1) is 0 Å². The Kier molecular flexibility index (Phi) is 3.73. The van der Waals surface area contributed by atoms with Gasteiger partial charge in [0.25, 0.3) is 0 Å². The normalized spacial score (nSPS) is 12.9. The molecule has 0 aliphatic heterocycles. The van der Waals surface area contributed by atoms with Crippen molar-refractivity contribution < 1.29 is 0 Å². The molecule has 0 bridgehead atoms. The number of likely N-dealkylation sites (N-methyl/N-ethyl adjacent to an activating group) is 1. The van der Waals surface area contributed by atoms with E-state index in [9.17, 15) is 0 Å². The molecule has 1 unspecified atom stereocenters. The molecule has 4 nitrogen and oxygen atoms in total. The molecule has 0 spiro atoms. The third kappa shape index (κ3) is 2.50. The molecule has 0 aromatic carbocycles. The molecule has 0 fully saturated rings. The Balaban J connectivity index is 2.15. The SMILES string of the molecule is CNC(Cc1ncnn1C)c1cc(Br)cs1. The van der Waals surface area contributed by atoms with Crippen LogP contribution in [0.15, 0.2) is 22.2 Å². The van der Waals surface area contributed by atoms with Crippen LogP contribution in [0.1, 0.15) is 16.7 Å². The third-order valence-electron chi connectivity index (χ3n) is 2.47. The molecule has 16 heavy (non-hydrogen) atoms. The lowest BCUT2D eigenvalue weighted by molar-refractivity contribution is 0.560. The summed E-state index contributed by atoms with van der Waals surface area (Å²) in [5, 5.41) is 9.47. The summed E-state index contributed by atoms with van der Waals surface area (Å²) in [7, 11) is 3.88. The first kappa shape index (κ1) is 11.8. The van der Waals surface area contributed by atoms with E-state index in [0.717, 1.165) is 16.7 Å². The average Bonchev–Trinajstić information content (AvgIpc) is 2.85. The van der Waals surface area contributed by atoms with Gasteiger partial charge in [-0.2, -0.15) is 5.10 Å². The maximum atomic E-state index is 4.24. The zero-order chi connectivity index (χ0) is 11.5. The topological polar surface area (TPSA) is 42.7 Å². The minimum Gasteiger partial charge on any atom is -0.312 e. The molecule has 0 amide bonds. The second-order valence-corrected chi connectivity index (χ2v) is 5.37. The van der Waals surface area contributed by atoms with Gasteiger partial charge in [-0.25, -0.2) is 4.98 Å². The summed E-state index contributed by atoms with van der Waals surface area (Å²) in [4.78, 5) is 5.54. The standard InChI is InChI=1S/C10H13BrN4S/c1-12-8(9-3-7(11)5-16-9)4-10-13-6-14-15(10)2/h3,5-6,8,12H,4H2,1-2H3. The monoisotopic (exact) mass is 300 g/mol. The highest BCUT2D eigenvalue weighted by atomic mass is 79.9. The Bertz CT molecular complexity index is 465. The fourth-order valence-electron chi connectivity index (χ4n) is 1.54. The Morgan fingerprint density at radius 3 is 2.94 bits per heavy atom. The molecule has 2 rings (SSSR count). The molecule has 1 N–H and O–H groups in total. The molecular formula is C10H13BrN4S. The van der Waals surface area contributed by atoms with Crippen molar-refractivity contribution in [2.24, 2.45) is 7.05 Å². The molecule has 0 radical (unpaired) electrons. The fourth-order valence-corrected chi connectivity index (χ4v) is 3.10. The van der Waals surface area contributed by atoms with Gasteiger partial charge in [0.2, 0.25) is 0 Å². The van der Waals surface area contributed by atoms with Gasteiger partial charge < -0.3 is 5.32 Å². The molecule has 1 atom stereocenters. The Hall–Kier alpha value is -0.720. The van der Waals surface area contributed by atoms with Gasteiger partial charge in [-0.05, 0) is 29.0 Å². The number of nitrogens with zero attached hydrogens (tertiary/aromatic N) is 3. The second kappa shape index (κ2) is 5.07. The van der Waals surface area contributed by atoms with Crippen LogP contribution in [0.3, 0.4) is 0 Å². The summed E-state index contributed by atoms with van der Waals surface area (Å²) in [6, 6.07) is 2.43. The van der Waals surface area contributed by atoms with Gasteiger partial charge in [0, 0.05) is 34.2 Å². The van der Waals surface area contributed by atoms with Crippen LogP contribution in [0, 0.1) is 0 Å². The average molecular weight is 301 g/mol. The van der Waals surface area contributed by atoms with Gasteiger partial charge in [0.1, 0.15) is 12.2 Å². The van der Waals surface area contributed by atoms with E-state index in [4.69, 9.17) is 0 Å². The molecule has 6 heteroatoms. The maximum Gasteiger partial charge on any atom is 0.138 e. The molecule has 0 saturated carbocycles. The van der Waals surface area contributed by atoms with Gasteiger partial charge in [-0.1, -0.05) is 0 Å². The summed E-state index contributed by atoms with van der Waals surface area (Å²) in [5.74, 6) is 0.990. The zero-order valence-electron chi connectivity index (χ0n) is 9.14. The van der Waals surface area contributed by atoms with Crippen LogP contribution in [0.25, 0.3) is 0 Å². The molecule has 2 aromatic rings. The van der Waals surface area contributed by atoms with Crippen LogP contribution in [0.2, 0.25) is 0 Å². The van der Waals surface area contributed by atoms with Crippen molar-refractivity contribution in [2.75, 3.05) is 7.05 Å². The number of nitrogens with one attached hydrogen (secondary N) is 1. The van der Waals surface area contributed by atoms with E-state index in [-0.39, 0.29) is 0 Å². The number of aromatic nitrogens is 3. The molecule has 86 valence electrons. The highest BCUT2D eigenvalue weighted by Gasteiger charge is 2.14. The number of hydrogen-bond acceptors (Lipinski definition) is 4. The lowest BCUT2D eigenvalue weighted by Crippen LogP contribution is -2.19. The number of thiophene rings is 1. The summed E-state index contributed by atoms with van der Waals surface area (Å²) in [6.07, 6.45) is 2.44. The second-order valence-electron chi connectivity index (χ2n) is 3.51. The number of halogens is 1. The van der Waals surface area contributed by atoms with Crippen molar-refractivity contribution in [2.45, 2.75) is 12.5 Å². The largest absolute Gasteiger partial charge is 0.312 e. The summed E-state index contributed by atoms with van der Waals surface area (Å²) in [5.41, 5.74) is 0. The van der Waals surface area contributed by atoms with Gasteiger partial charge in [0.15, 0.2) is 0 Å². The number of hydrogen-bond donors (Lipinski definition) is 1. The summed E-state index contributed by atoms with van der Waals surface area (Å²) in [6.45, 7) is 0. The molecule has 2 aromatic heterocycles. The van der Waals surface area contributed by atoms with E-state index >= 15 is 0 Å². The van der Waals surface area contributed by atoms with E-state index < -0.39 is 0 Å². The van der Waals surface area contributed by atoms with Gasteiger partial charge in [-0.3, -0.25) is 4.68 Å². The van der Waals surface area contributed by atoms with Crippen LogP contribution in [0.4, 0.5) is 0 Å². The van der Waals surface area contributed by atoms with Crippen LogP contribution in [-0.4, -0.2) is 21.8 Å². The molecule has 0 aliphatic rings. The lowest BCUT2D eigenvalue weighted by Gasteiger charge is -2.13. The van der Waals surface area contributed by atoms with Crippen LogP contribution >= 0.6 is 27.3 Å². The van der Waals surface area contributed by atoms with Crippen molar-refractivity contribution in [1.82, 2.24) is 20.1 Å². The minimum absolute atomic E-state index is 0.291. The smallest absolute Gasteiger partial charge is 0.138 e. The summed E-state index contributed by atoms with van der Waals surface area (Å²) >= 11 is 5.21. The lowest BCUT2D eigenvalue weighted by atomic mass is 10.1. The maximum absolute atomic E-state index is 4.24. The van der Waals surface area contributed by atoms with E-state index in [2.05, 4.69) is 42.8 Å². The predicted molar refractivity (Wildman–Crippen MR) is 68.5 cm³/mol. The van der Waals surface area contributed by atoms with Crippen molar-refractivity contribution >= 4 is 27.3 Å². The first-order chi connectivity index (χ1) is 7.70. The zero-order valence-corrected chi connectivity index (χ0v) is 11.5. The number of aryl methyl sites for hydroxylation is 1. The first-order valence-electron chi connectivity index (χ1n) is 4.94. The van der Waals surface area contributed by atoms with Crippen LogP contribution < -0.4 is 5.32 Å². The van der Waals surface area contributed by atoms with Crippen LogP contribution in [-0.2, 0) is 13.5 Å². The van der Waals surface area contributed by atoms with Crippen molar-refractivity contribution in [3.63, 3.8) is 0 Å². The Morgan fingerprint density at radius 1 is 1.62 bits per heavy atom. The predicted octanol–water partition coefficient (Wildman–Crippen LogP) is 2.14. The minimum atomic E-state index is 0.291. The number of rotatable bonds is 4. The Morgan fingerprint density at radius 2 is 2.44 bits per heavy atom. The van der Waals surface area contributed by atoms with E-state index in [1.807, 2.05) is 18.8 Å². The van der Waals surface area contributed by atoms with Crippen molar-refractivity contribution in [1.29, 1.82) is 0 Å². The fraction of sp³-hybridized carbons (Fsp3) is 0.400. The molecule has 0 saturated heterocycles. The highest BCUT2D eigenvalue weighted by Crippen LogP contribution is 2.27. The Labute approximate surface area is 107 Å². The van der Waals surface area contributed by atoms with Gasteiger partial charge >= 0.3 is 0 Å². The van der Waals surface area contributed by atoms with Crippen molar-refractivity contribution in [3.05, 3.63) is 32.9 Å². The van der Waals surface area contributed by atoms with E-state index in [1.54, 1.807) is 17.7 Å². The van der Waals surface area contributed by atoms with Gasteiger partial charge in [-0.15, -0.1) is 11.3 Å². The molecule has 0 aliphatic carbocycles. The molecular weight excluding hydrogens is 288 g/mol. The molecule has 2 heterocycles. The third-order valence-corrected chi connectivity index (χ3v) is 4.28. The quantitative estimate of drug-likeness (QED) is 0.941. The van der Waals surface area contributed by atoms with E-state index in [0.29, 0.717) is 6.04 Å². The highest BCUT2D eigenvalue weighted by molar-refractivity contribution is 9.10. The van der Waals surface area contributed by atoms with Crippen molar-refractivity contribution in [3.8, 4) is 0 Å². The summed E-state index contributed by atoms with van der Waals surface area (Å²) < 4.78 is 2.94. The van der Waals surface area contributed by atoms with Crippen LogP contribution in [0.5, 0.6) is 0 Å².